The molecule has 6 heteroatoms. The van der Waals surface area contributed by atoms with Crippen LogP contribution >= 0.6 is 0 Å². The predicted octanol–water partition coefficient (Wildman–Crippen LogP) is 3.90. The fraction of sp³-hybridized carbons (Fsp3) is 0.333. The molecule has 2 amide bonds. The number of ether oxygens (including phenoxy) is 2. The molecule has 0 fully saturated rings. The number of hydrogen-bond acceptors (Lipinski definition) is 4. The summed E-state index contributed by atoms with van der Waals surface area (Å²) in [5.41, 5.74) is 3.85. The first-order valence-corrected chi connectivity index (χ1v) is 10.0. The predicted molar refractivity (Wildman–Crippen MR) is 118 cm³/mol. The van der Waals surface area contributed by atoms with Gasteiger partial charge in [-0.25, -0.2) is 0 Å². The minimum Gasteiger partial charge on any atom is -0.493 e. The highest BCUT2D eigenvalue weighted by Crippen LogP contribution is 2.28. The summed E-state index contributed by atoms with van der Waals surface area (Å²) in [6.45, 7) is 5.15. The molecule has 0 atom stereocenters. The van der Waals surface area contributed by atoms with Gasteiger partial charge >= 0.3 is 0 Å². The Morgan fingerprint density at radius 2 is 1.80 bits per heavy atom. The van der Waals surface area contributed by atoms with Crippen molar-refractivity contribution in [2.24, 2.45) is 5.92 Å². The Morgan fingerprint density at radius 3 is 2.50 bits per heavy atom. The average molecular weight is 408 g/mol. The van der Waals surface area contributed by atoms with Gasteiger partial charge in [0.15, 0.2) is 11.5 Å². The van der Waals surface area contributed by atoms with Gasteiger partial charge in [-0.15, -0.1) is 0 Å². The fourth-order valence-electron chi connectivity index (χ4n) is 3.50. The number of hydrogen-bond donors (Lipinski definition) is 1. The highest BCUT2D eigenvalue weighted by Gasteiger charge is 2.22. The van der Waals surface area contributed by atoms with Crippen molar-refractivity contribution in [3.63, 3.8) is 0 Å². The molecule has 2 aromatic rings. The van der Waals surface area contributed by atoms with Crippen molar-refractivity contribution in [2.45, 2.75) is 26.8 Å². The van der Waals surface area contributed by atoms with Gasteiger partial charge in [0, 0.05) is 30.8 Å². The quantitative estimate of drug-likeness (QED) is 0.736. The van der Waals surface area contributed by atoms with E-state index in [1.54, 1.807) is 26.4 Å². The van der Waals surface area contributed by atoms with E-state index in [-0.39, 0.29) is 17.7 Å². The zero-order chi connectivity index (χ0) is 21.7. The molecule has 0 radical (unpaired) electrons. The SMILES string of the molecule is COc1ccc(/C=C/C(=O)Nc2ccc3c(c2)CN(C(=O)C(C)C)CC3)cc1OC. The molecule has 158 valence electrons. The molecule has 3 rings (SSSR count). The first-order chi connectivity index (χ1) is 14.4. The van der Waals surface area contributed by atoms with Crippen LogP contribution in [0.15, 0.2) is 42.5 Å². The zero-order valence-corrected chi connectivity index (χ0v) is 17.9. The monoisotopic (exact) mass is 408 g/mol. The largest absolute Gasteiger partial charge is 0.493 e. The van der Waals surface area contributed by atoms with Gasteiger partial charge in [-0.1, -0.05) is 26.0 Å². The molecule has 0 saturated carbocycles. The Labute approximate surface area is 177 Å². The number of nitrogens with zero attached hydrogens (tertiary/aromatic N) is 1. The van der Waals surface area contributed by atoms with Crippen molar-refractivity contribution in [3.05, 3.63) is 59.2 Å². The molecule has 0 aromatic heterocycles. The van der Waals surface area contributed by atoms with Crippen molar-refractivity contribution >= 4 is 23.6 Å². The van der Waals surface area contributed by atoms with E-state index in [0.29, 0.717) is 18.0 Å². The Hall–Kier alpha value is -3.28. The van der Waals surface area contributed by atoms with Crippen LogP contribution in [0.1, 0.15) is 30.5 Å². The molecule has 0 bridgehead atoms. The lowest BCUT2D eigenvalue weighted by Gasteiger charge is -2.30. The van der Waals surface area contributed by atoms with Crippen LogP contribution < -0.4 is 14.8 Å². The maximum Gasteiger partial charge on any atom is 0.248 e. The molecule has 1 heterocycles. The van der Waals surface area contributed by atoms with Crippen molar-refractivity contribution in [3.8, 4) is 11.5 Å². The van der Waals surface area contributed by atoms with Crippen molar-refractivity contribution < 1.29 is 19.1 Å². The first kappa shape index (κ1) is 21.4. The Balaban J connectivity index is 1.67. The molecule has 0 aliphatic carbocycles. The molecule has 1 N–H and O–H groups in total. The number of fused-ring (bicyclic) bond motifs is 1. The van der Waals surface area contributed by atoms with Crippen LogP contribution in [0.4, 0.5) is 5.69 Å². The number of carbonyl (C=O) groups is 2. The number of amides is 2. The van der Waals surface area contributed by atoms with Gasteiger partial charge in [-0.05, 0) is 53.5 Å². The molecule has 2 aromatic carbocycles. The number of anilines is 1. The van der Waals surface area contributed by atoms with E-state index in [1.807, 2.05) is 49.1 Å². The first-order valence-electron chi connectivity index (χ1n) is 10.0. The third kappa shape index (κ3) is 5.00. The normalized spacial score (nSPS) is 13.3. The van der Waals surface area contributed by atoms with Crippen LogP contribution in [0, 0.1) is 5.92 Å². The molecule has 6 nitrogen and oxygen atoms in total. The van der Waals surface area contributed by atoms with E-state index in [4.69, 9.17) is 9.47 Å². The Morgan fingerprint density at radius 1 is 1.03 bits per heavy atom. The van der Waals surface area contributed by atoms with Crippen molar-refractivity contribution in [2.75, 3.05) is 26.1 Å². The maximum atomic E-state index is 12.4. The molecule has 0 saturated heterocycles. The van der Waals surface area contributed by atoms with E-state index in [9.17, 15) is 9.59 Å². The van der Waals surface area contributed by atoms with Crippen LogP contribution in [0.3, 0.4) is 0 Å². The van der Waals surface area contributed by atoms with Gasteiger partial charge in [-0.2, -0.15) is 0 Å². The third-order valence-electron chi connectivity index (χ3n) is 5.13. The van der Waals surface area contributed by atoms with Crippen LogP contribution in [0.2, 0.25) is 0 Å². The van der Waals surface area contributed by atoms with Crippen LogP contribution in [-0.4, -0.2) is 37.5 Å². The number of carbonyl (C=O) groups excluding carboxylic acids is 2. The smallest absolute Gasteiger partial charge is 0.248 e. The molecule has 1 aliphatic heterocycles. The van der Waals surface area contributed by atoms with Gasteiger partial charge in [-0.3, -0.25) is 9.59 Å². The lowest BCUT2D eigenvalue weighted by atomic mass is 9.98. The molecule has 1 aliphatic rings. The van der Waals surface area contributed by atoms with E-state index in [2.05, 4.69) is 5.32 Å². The van der Waals surface area contributed by atoms with Gasteiger partial charge in [0.1, 0.15) is 0 Å². The van der Waals surface area contributed by atoms with Crippen LogP contribution in [0.25, 0.3) is 6.08 Å². The summed E-state index contributed by atoms with van der Waals surface area (Å²) < 4.78 is 10.5. The second-order valence-electron chi connectivity index (χ2n) is 7.58. The maximum absolute atomic E-state index is 12.4. The topological polar surface area (TPSA) is 67.9 Å². The summed E-state index contributed by atoms with van der Waals surface area (Å²) in [7, 11) is 3.15. The van der Waals surface area contributed by atoms with Crippen molar-refractivity contribution in [1.82, 2.24) is 4.90 Å². The average Bonchev–Trinajstić information content (AvgIpc) is 2.76. The van der Waals surface area contributed by atoms with E-state index in [0.717, 1.165) is 29.8 Å². The number of nitrogens with one attached hydrogen (secondary N) is 1. The van der Waals surface area contributed by atoms with Gasteiger partial charge in [0.05, 0.1) is 14.2 Å². The number of methoxy groups -OCH3 is 2. The van der Waals surface area contributed by atoms with Gasteiger partial charge in [0.25, 0.3) is 0 Å². The minimum atomic E-state index is -0.226. The Kier molecular flexibility index (Phi) is 6.77. The molecular weight excluding hydrogens is 380 g/mol. The van der Waals surface area contributed by atoms with Gasteiger partial charge < -0.3 is 19.7 Å². The lowest BCUT2D eigenvalue weighted by molar-refractivity contribution is -0.135. The Bertz CT molecular complexity index is 966. The molecule has 30 heavy (non-hydrogen) atoms. The standard InChI is InChI=1S/C24H28N2O4/c1-16(2)24(28)26-12-11-18-7-8-20(14-19(18)15-26)25-23(27)10-6-17-5-9-21(29-3)22(13-17)30-4/h5-10,13-14,16H,11-12,15H2,1-4H3,(H,25,27)/b10-6+. The van der Waals surface area contributed by atoms with E-state index < -0.39 is 0 Å². The second-order valence-corrected chi connectivity index (χ2v) is 7.58. The van der Waals surface area contributed by atoms with E-state index in [1.165, 1.54) is 11.6 Å². The second kappa shape index (κ2) is 9.48. The van der Waals surface area contributed by atoms with Crippen molar-refractivity contribution in [1.29, 1.82) is 0 Å². The fourth-order valence-corrected chi connectivity index (χ4v) is 3.50. The molecule has 0 unspecified atom stereocenters. The number of benzene rings is 2. The summed E-state index contributed by atoms with van der Waals surface area (Å²) in [5.74, 6) is 1.16. The highest BCUT2D eigenvalue weighted by atomic mass is 16.5. The summed E-state index contributed by atoms with van der Waals surface area (Å²) >= 11 is 0. The summed E-state index contributed by atoms with van der Waals surface area (Å²) in [6, 6.07) is 11.3. The molecule has 0 spiro atoms. The van der Waals surface area contributed by atoms with E-state index >= 15 is 0 Å². The lowest BCUT2D eigenvalue weighted by Crippen LogP contribution is -2.38. The molecular formula is C24H28N2O4. The summed E-state index contributed by atoms with van der Waals surface area (Å²) in [6.07, 6.45) is 4.04. The highest BCUT2D eigenvalue weighted by molar-refractivity contribution is 6.02. The third-order valence-corrected chi connectivity index (χ3v) is 5.13. The zero-order valence-electron chi connectivity index (χ0n) is 17.9. The van der Waals surface area contributed by atoms with Crippen LogP contribution in [0.5, 0.6) is 11.5 Å². The number of rotatable bonds is 6. The summed E-state index contributed by atoms with van der Waals surface area (Å²) in [5, 5.41) is 2.90. The van der Waals surface area contributed by atoms with Crippen LogP contribution in [-0.2, 0) is 22.6 Å². The summed E-state index contributed by atoms with van der Waals surface area (Å²) in [4.78, 5) is 26.6. The van der Waals surface area contributed by atoms with Gasteiger partial charge in [0.2, 0.25) is 11.8 Å². The minimum absolute atomic E-state index is 0.0175.